The molecule has 3 aromatic heterocycles. The monoisotopic (exact) mass is 550 g/mol. The number of pyridine rings is 1. The molecule has 0 saturated heterocycles. The molecule has 5 rings (SSSR count). The molecule has 0 aliphatic heterocycles. The molecule has 3 heterocycles. The lowest BCUT2D eigenvalue weighted by atomic mass is 9.91. The molecule has 0 spiro atoms. The van der Waals surface area contributed by atoms with Crippen LogP contribution in [0.4, 0.5) is 17.6 Å². The number of alkyl halides is 3. The van der Waals surface area contributed by atoms with Gasteiger partial charge in [-0.05, 0) is 56.4 Å². The van der Waals surface area contributed by atoms with Crippen LogP contribution in [0.3, 0.4) is 0 Å². The molecule has 11 heteroatoms. The van der Waals surface area contributed by atoms with E-state index in [0.717, 1.165) is 54.0 Å². The van der Waals surface area contributed by atoms with Gasteiger partial charge < -0.3 is 14.8 Å². The Morgan fingerprint density at radius 1 is 1.21 bits per heavy atom. The van der Waals surface area contributed by atoms with E-state index in [1.807, 2.05) is 17.7 Å². The highest BCUT2D eigenvalue weighted by Crippen LogP contribution is 2.42. The van der Waals surface area contributed by atoms with Gasteiger partial charge in [0.05, 0.1) is 23.4 Å². The van der Waals surface area contributed by atoms with Gasteiger partial charge in [-0.15, -0.1) is 0 Å². The fourth-order valence-electron chi connectivity index (χ4n) is 5.30. The van der Waals surface area contributed by atoms with Gasteiger partial charge in [0.1, 0.15) is 17.2 Å². The third kappa shape index (κ3) is 5.11. The van der Waals surface area contributed by atoms with E-state index >= 15 is 0 Å². The maximum Gasteiger partial charge on any atom is 0.422 e. The van der Waals surface area contributed by atoms with Gasteiger partial charge in [0.15, 0.2) is 6.61 Å². The van der Waals surface area contributed by atoms with Crippen LogP contribution in [0.2, 0.25) is 5.02 Å². The number of rotatable bonds is 6. The number of hydrogen-bond donors (Lipinski definition) is 2. The highest BCUT2D eigenvalue weighted by Gasteiger charge is 2.31. The normalized spacial score (nSPS) is 19.2. The van der Waals surface area contributed by atoms with E-state index in [1.54, 1.807) is 25.5 Å². The Balaban J connectivity index is 1.51. The number of halogens is 5. The third-order valence-corrected chi connectivity index (χ3v) is 7.70. The van der Waals surface area contributed by atoms with Crippen molar-refractivity contribution in [1.29, 1.82) is 0 Å². The van der Waals surface area contributed by atoms with Gasteiger partial charge >= 0.3 is 6.18 Å². The quantitative estimate of drug-likeness (QED) is 0.251. The van der Waals surface area contributed by atoms with Crippen molar-refractivity contribution in [2.45, 2.75) is 63.8 Å². The van der Waals surface area contributed by atoms with E-state index in [2.05, 4.69) is 15.1 Å². The van der Waals surface area contributed by atoms with Crippen LogP contribution < -0.4 is 4.74 Å². The summed E-state index contributed by atoms with van der Waals surface area (Å²) in [6.07, 6.45) is 3.62. The number of hydrogen-bond acceptors (Lipinski definition) is 4. The van der Waals surface area contributed by atoms with Gasteiger partial charge in [-0.1, -0.05) is 18.5 Å². The maximum absolute atomic E-state index is 14.4. The number of aromatic nitrogens is 4. The Morgan fingerprint density at radius 3 is 2.66 bits per heavy atom. The first kappa shape index (κ1) is 26.5. The lowest BCUT2D eigenvalue weighted by Gasteiger charge is -2.26. The first-order valence-corrected chi connectivity index (χ1v) is 12.8. The van der Waals surface area contributed by atoms with E-state index < -0.39 is 24.5 Å². The number of benzene rings is 1. The van der Waals surface area contributed by atoms with Crippen molar-refractivity contribution in [3.63, 3.8) is 0 Å². The Labute approximate surface area is 221 Å². The standard InChI is InChI=1S/C27H27ClF4N4O2/c1-14(24-23(38-13-27(30,31)32)8-7-22(29)25(24)28)20-11-34-26-19(20)9-16(10-33-26)21-12-35-36(15(21)2)17-3-5-18(37)6-4-17/h7-12,14,17-18,37H,3-6,13H2,1-2H3,(H,33,34). The Kier molecular flexibility index (Phi) is 7.13. The van der Waals surface area contributed by atoms with Gasteiger partial charge in [-0.2, -0.15) is 18.3 Å². The van der Waals surface area contributed by atoms with Gasteiger partial charge in [0, 0.05) is 46.1 Å². The van der Waals surface area contributed by atoms with Crippen LogP contribution in [0.15, 0.2) is 36.8 Å². The highest BCUT2D eigenvalue weighted by molar-refractivity contribution is 6.31. The highest BCUT2D eigenvalue weighted by atomic mass is 35.5. The molecule has 0 amide bonds. The minimum Gasteiger partial charge on any atom is -0.484 e. The first-order valence-electron chi connectivity index (χ1n) is 12.4. The SMILES string of the molecule is Cc1c(-c2cnc3[nH]cc(C(C)c4c(OCC(F)(F)F)ccc(F)c4Cl)c3c2)cnn1C1CCC(O)CC1. The largest absolute Gasteiger partial charge is 0.484 e. The molecule has 1 saturated carbocycles. The van der Waals surface area contributed by atoms with Gasteiger partial charge in [-0.3, -0.25) is 4.68 Å². The smallest absolute Gasteiger partial charge is 0.422 e. The van der Waals surface area contributed by atoms with Crippen LogP contribution in [0.25, 0.3) is 22.2 Å². The van der Waals surface area contributed by atoms with Gasteiger partial charge in [0.25, 0.3) is 0 Å². The number of aliphatic hydroxyl groups excluding tert-OH is 1. The molecule has 38 heavy (non-hydrogen) atoms. The van der Waals surface area contributed by atoms with E-state index in [-0.39, 0.29) is 28.5 Å². The van der Waals surface area contributed by atoms with Gasteiger partial charge in [-0.25, -0.2) is 9.37 Å². The molecule has 6 nitrogen and oxygen atoms in total. The van der Waals surface area contributed by atoms with E-state index in [1.165, 1.54) is 6.07 Å². The zero-order valence-corrected chi connectivity index (χ0v) is 21.6. The van der Waals surface area contributed by atoms with Gasteiger partial charge in [0.2, 0.25) is 0 Å². The molecule has 1 atom stereocenters. The molecule has 0 radical (unpaired) electrons. The average molecular weight is 551 g/mol. The van der Waals surface area contributed by atoms with E-state index in [0.29, 0.717) is 11.2 Å². The molecular weight excluding hydrogens is 524 g/mol. The lowest BCUT2D eigenvalue weighted by Crippen LogP contribution is -2.22. The fourth-order valence-corrected chi connectivity index (χ4v) is 5.62. The second kappa shape index (κ2) is 10.2. The minimum atomic E-state index is -4.55. The molecule has 1 aromatic carbocycles. The predicted octanol–water partition coefficient (Wildman–Crippen LogP) is 7.10. The first-order chi connectivity index (χ1) is 18.0. The molecule has 1 aliphatic rings. The number of aliphatic hydroxyl groups is 1. The Morgan fingerprint density at radius 2 is 1.95 bits per heavy atom. The van der Waals surface area contributed by atoms with Crippen molar-refractivity contribution in [2.24, 2.45) is 0 Å². The number of fused-ring (bicyclic) bond motifs is 1. The average Bonchev–Trinajstić information content (AvgIpc) is 3.47. The van der Waals surface area contributed by atoms with Crippen LogP contribution >= 0.6 is 11.6 Å². The number of aromatic amines is 1. The van der Waals surface area contributed by atoms with Crippen molar-refractivity contribution in [3.05, 3.63) is 64.5 Å². The molecular formula is C27H27ClF4N4O2. The summed E-state index contributed by atoms with van der Waals surface area (Å²) in [7, 11) is 0. The molecule has 1 aliphatic carbocycles. The summed E-state index contributed by atoms with van der Waals surface area (Å²) in [5.74, 6) is -1.48. The topological polar surface area (TPSA) is 76.0 Å². The predicted molar refractivity (Wildman–Crippen MR) is 136 cm³/mol. The van der Waals surface area contributed by atoms with Crippen molar-refractivity contribution < 1.29 is 27.4 Å². The minimum absolute atomic E-state index is 0.130. The zero-order valence-electron chi connectivity index (χ0n) is 20.8. The molecule has 4 aromatic rings. The number of ether oxygens (including phenoxy) is 1. The second-order valence-corrected chi connectivity index (χ2v) is 10.2. The summed E-state index contributed by atoms with van der Waals surface area (Å²) >= 11 is 6.26. The Hall–Kier alpha value is -3.11. The molecule has 0 bridgehead atoms. The van der Waals surface area contributed by atoms with Crippen molar-refractivity contribution in [1.82, 2.24) is 19.7 Å². The third-order valence-electron chi connectivity index (χ3n) is 7.31. The van der Waals surface area contributed by atoms with Crippen molar-refractivity contribution in [2.75, 3.05) is 6.61 Å². The number of H-pyrrole nitrogens is 1. The summed E-state index contributed by atoms with van der Waals surface area (Å²) in [5.41, 5.74) is 4.10. The molecule has 202 valence electrons. The van der Waals surface area contributed by atoms with Crippen LogP contribution in [-0.4, -0.2) is 43.7 Å². The van der Waals surface area contributed by atoms with Crippen molar-refractivity contribution in [3.8, 4) is 16.9 Å². The number of nitrogens with one attached hydrogen (secondary N) is 1. The Bertz CT molecular complexity index is 1460. The summed E-state index contributed by atoms with van der Waals surface area (Å²) < 4.78 is 60.0. The van der Waals surface area contributed by atoms with E-state index in [4.69, 9.17) is 16.3 Å². The fraction of sp³-hybridized carbons (Fsp3) is 0.407. The lowest BCUT2D eigenvalue weighted by molar-refractivity contribution is -0.153. The van der Waals surface area contributed by atoms with Crippen LogP contribution in [0, 0.1) is 12.7 Å². The molecule has 1 fully saturated rings. The summed E-state index contributed by atoms with van der Waals surface area (Å²) in [4.78, 5) is 7.64. The van der Waals surface area contributed by atoms with Crippen LogP contribution in [0.1, 0.15) is 61.4 Å². The maximum atomic E-state index is 14.4. The second-order valence-electron chi connectivity index (χ2n) is 9.81. The zero-order chi connectivity index (χ0) is 27.2. The summed E-state index contributed by atoms with van der Waals surface area (Å²) in [5, 5.41) is 14.9. The van der Waals surface area contributed by atoms with Crippen LogP contribution in [0.5, 0.6) is 5.75 Å². The summed E-state index contributed by atoms with van der Waals surface area (Å²) in [6, 6.07) is 4.32. The summed E-state index contributed by atoms with van der Waals surface area (Å²) in [6.45, 7) is 2.21. The van der Waals surface area contributed by atoms with Crippen LogP contribution in [-0.2, 0) is 0 Å². The number of nitrogens with zero attached hydrogens (tertiary/aromatic N) is 3. The molecule has 2 N–H and O–H groups in total. The molecule has 1 unspecified atom stereocenters. The van der Waals surface area contributed by atoms with E-state index in [9.17, 15) is 22.7 Å². The van der Waals surface area contributed by atoms with Crippen molar-refractivity contribution >= 4 is 22.6 Å².